The number of methoxy groups -OCH3 is 2. The molecule has 0 spiro atoms. The van der Waals surface area contributed by atoms with E-state index in [1.54, 1.807) is 20.3 Å². The van der Waals surface area contributed by atoms with Crippen LogP contribution in [0.1, 0.15) is 34.1 Å². The molecule has 0 saturated heterocycles. The first-order chi connectivity index (χ1) is 10.8. The highest BCUT2D eigenvalue weighted by Gasteiger charge is 2.18. The van der Waals surface area contributed by atoms with Crippen molar-refractivity contribution in [3.63, 3.8) is 0 Å². The summed E-state index contributed by atoms with van der Waals surface area (Å²) in [6.45, 7) is 8.15. The lowest BCUT2D eigenvalue weighted by atomic mass is 10.2. The van der Waals surface area contributed by atoms with E-state index in [0.29, 0.717) is 18.0 Å². The topological polar surface area (TPSA) is 68.8 Å². The van der Waals surface area contributed by atoms with E-state index in [1.165, 1.54) is 0 Å². The van der Waals surface area contributed by atoms with Crippen LogP contribution in [0.25, 0.3) is 0 Å². The van der Waals surface area contributed by atoms with Gasteiger partial charge in [-0.05, 0) is 45.4 Å². The molecule has 0 aliphatic heterocycles. The minimum Gasteiger partial charge on any atom is -0.495 e. The van der Waals surface area contributed by atoms with E-state index < -0.39 is 11.7 Å². The number of amides is 1. The van der Waals surface area contributed by atoms with Crippen LogP contribution in [0.5, 0.6) is 5.75 Å². The Balaban J connectivity index is 2.88. The van der Waals surface area contributed by atoms with Gasteiger partial charge in [0.1, 0.15) is 11.4 Å². The molecule has 6 nitrogen and oxygen atoms in total. The molecule has 0 saturated carbocycles. The molecule has 0 radical (unpaired) electrons. The number of hydrogen-bond acceptors (Lipinski definition) is 5. The van der Waals surface area contributed by atoms with E-state index in [4.69, 9.17) is 14.2 Å². The van der Waals surface area contributed by atoms with E-state index in [9.17, 15) is 4.79 Å². The molecule has 0 fully saturated rings. The summed E-state index contributed by atoms with van der Waals surface area (Å²) in [5.41, 5.74) is 0.874. The van der Waals surface area contributed by atoms with E-state index in [-0.39, 0.29) is 6.04 Å². The molecule has 1 unspecified atom stereocenters. The van der Waals surface area contributed by atoms with Crippen LogP contribution in [0, 0.1) is 0 Å². The second-order valence-corrected chi connectivity index (χ2v) is 6.25. The number of carbonyl (C=O) groups is 1. The first-order valence-electron chi connectivity index (χ1n) is 7.72. The number of nitrogens with one attached hydrogen (secondary N) is 2. The van der Waals surface area contributed by atoms with Gasteiger partial charge in [-0.25, -0.2) is 4.79 Å². The average Bonchev–Trinajstić information content (AvgIpc) is 2.45. The zero-order valence-electron chi connectivity index (χ0n) is 14.9. The Kier molecular flexibility index (Phi) is 7.16. The maximum absolute atomic E-state index is 12.0. The standard InChI is InChI=1S/C17H28N2O4/c1-7-12(11-21-5)18-13-8-9-15(22-6)14(10-13)19-16(20)23-17(2,3)4/h8-10,12,18H,7,11H2,1-6H3,(H,19,20). The van der Waals surface area contributed by atoms with Gasteiger partial charge in [-0.2, -0.15) is 0 Å². The van der Waals surface area contributed by atoms with E-state index in [1.807, 2.05) is 32.9 Å². The lowest BCUT2D eigenvalue weighted by molar-refractivity contribution is 0.0635. The number of hydrogen-bond donors (Lipinski definition) is 2. The Bertz CT molecular complexity index is 512. The van der Waals surface area contributed by atoms with Gasteiger partial charge in [-0.1, -0.05) is 6.92 Å². The minimum absolute atomic E-state index is 0.197. The van der Waals surface area contributed by atoms with Gasteiger partial charge in [-0.3, -0.25) is 5.32 Å². The first kappa shape index (κ1) is 19.1. The van der Waals surface area contributed by atoms with Gasteiger partial charge in [-0.15, -0.1) is 0 Å². The molecule has 2 N–H and O–H groups in total. The van der Waals surface area contributed by atoms with Crippen molar-refractivity contribution in [1.82, 2.24) is 0 Å². The Morgan fingerprint density at radius 1 is 1.26 bits per heavy atom. The monoisotopic (exact) mass is 324 g/mol. The summed E-state index contributed by atoms with van der Waals surface area (Å²) in [5, 5.41) is 6.09. The van der Waals surface area contributed by atoms with Crippen LogP contribution in [0.2, 0.25) is 0 Å². The Labute approximate surface area is 138 Å². The summed E-state index contributed by atoms with van der Waals surface area (Å²) in [5.74, 6) is 0.571. The van der Waals surface area contributed by atoms with Crippen LogP contribution in [0.3, 0.4) is 0 Å². The summed E-state index contributed by atoms with van der Waals surface area (Å²) in [4.78, 5) is 12.0. The lowest BCUT2D eigenvalue weighted by Crippen LogP contribution is -2.27. The van der Waals surface area contributed by atoms with E-state index >= 15 is 0 Å². The van der Waals surface area contributed by atoms with Crippen LogP contribution >= 0.6 is 0 Å². The fourth-order valence-electron chi connectivity index (χ4n) is 2.01. The molecular weight excluding hydrogens is 296 g/mol. The summed E-state index contributed by atoms with van der Waals surface area (Å²) in [7, 11) is 3.23. The second kappa shape index (κ2) is 8.62. The number of rotatable bonds is 7. The van der Waals surface area contributed by atoms with Gasteiger partial charge in [0, 0.05) is 18.8 Å². The van der Waals surface area contributed by atoms with Crippen molar-refractivity contribution in [3.05, 3.63) is 18.2 Å². The first-order valence-corrected chi connectivity index (χ1v) is 7.72. The summed E-state index contributed by atoms with van der Waals surface area (Å²) < 4.78 is 15.7. The Hall–Kier alpha value is -1.95. The maximum atomic E-state index is 12.0. The molecule has 23 heavy (non-hydrogen) atoms. The fraction of sp³-hybridized carbons (Fsp3) is 0.588. The molecule has 1 amide bonds. The SMILES string of the molecule is CCC(COC)Nc1ccc(OC)c(NC(=O)OC(C)(C)C)c1. The van der Waals surface area contributed by atoms with Crippen LogP contribution in [0.4, 0.5) is 16.2 Å². The van der Waals surface area contributed by atoms with Crippen LogP contribution in [-0.4, -0.2) is 38.6 Å². The van der Waals surface area contributed by atoms with Crippen molar-refractivity contribution in [2.24, 2.45) is 0 Å². The lowest BCUT2D eigenvalue weighted by Gasteiger charge is -2.21. The molecule has 1 rings (SSSR count). The Morgan fingerprint density at radius 2 is 1.96 bits per heavy atom. The van der Waals surface area contributed by atoms with E-state index in [2.05, 4.69) is 17.6 Å². The molecule has 0 aromatic heterocycles. The molecule has 1 aromatic carbocycles. The molecule has 1 aromatic rings. The smallest absolute Gasteiger partial charge is 0.412 e. The maximum Gasteiger partial charge on any atom is 0.412 e. The van der Waals surface area contributed by atoms with Gasteiger partial charge >= 0.3 is 6.09 Å². The number of anilines is 2. The number of ether oxygens (including phenoxy) is 3. The van der Waals surface area contributed by atoms with Gasteiger partial charge < -0.3 is 19.5 Å². The predicted octanol–water partition coefficient (Wildman–Crippen LogP) is 3.88. The highest BCUT2D eigenvalue weighted by Crippen LogP contribution is 2.29. The molecule has 0 bridgehead atoms. The van der Waals surface area contributed by atoms with Crippen molar-refractivity contribution in [2.75, 3.05) is 31.5 Å². The molecular formula is C17H28N2O4. The highest BCUT2D eigenvalue weighted by atomic mass is 16.6. The van der Waals surface area contributed by atoms with Crippen molar-refractivity contribution in [1.29, 1.82) is 0 Å². The number of benzene rings is 1. The molecule has 0 aliphatic carbocycles. The van der Waals surface area contributed by atoms with Gasteiger partial charge in [0.05, 0.1) is 19.4 Å². The Morgan fingerprint density at radius 3 is 2.48 bits per heavy atom. The van der Waals surface area contributed by atoms with E-state index in [0.717, 1.165) is 12.1 Å². The second-order valence-electron chi connectivity index (χ2n) is 6.25. The fourth-order valence-corrected chi connectivity index (χ4v) is 2.01. The van der Waals surface area contributed by atoms with Gasteiger partial charge in [0.2, 0.25) is 0 Å². The van der Waals surface area contributed by atoms with Crippen LogP contribution in [0.15, 0.2) is 18.2 Å². The zero-order chi connectivity index (χ0) is 17.5. The average molecular weight is 324 g/mol. The molecule has 0 heterocycles. The third-order valence-corrected chi connectivity index (χ3v) is 3.07. The zero-order valence-corrected chi connectivity index (χ0v) is 14.9. The largest absolute Gasteiger partial charge is 0.495 e. The molecule has 130 valence electrons. The minimum atomic E-state index is -0.557. The summed E-state index contributed by atoms with van der Waals surface area (Å²) in [6.07, 6.45) is 0.409. The summed E-state index contributed by atoms with van der Waals surface area (Å²) >= 11 is 0. The van der Waals surface area contributed by atoms with Crippen LogP contribution in [-0.2, 0) is 9.47 Å². The quantitative estimate of drug-likeness (QED) is 0.796. The molecule has 6 heteroatoms. The predicted molar refractivity (Wildman–Crippen MR) is 92.4 cm³/mol. The van der Waals surface area contributed by atoms with Crippen molar-refractivity contribution in [2.45, 2.75) is 45.8 Å². The molecule has 0 aliphatic rings. The third kappa shape index (κ3) is 6.78. The van der Waals surface area contributed by atoms with Crippen molar-refractivity contribution < 1.29 is 19.0 Å². The highest BCUT2D eigenvalue weighted by molar-refractivity contribution is 5.88. The summed E-state index contributed by atoms with van der Waals surface area (Å²) in [6, 6.07) is 5.72. The van der Waals surface area contributed by atoms with Crippen LogP contribution < -0.4 is 15.4 Å². The number of carbonyl (C=O) groups excluding carboxylic acids is 1. The van der Waals surface area contributed by atoms with Crippen molar-refractivity contribution >= 4 is 17.5 Å². The van der Waals surface area contributed by atoms with Gasteiger partial charge in [0.15, 0.2) is 0 Å². The normalized spacial score (nSPS) is 12.4. The van der Waals surface area contributed by atoms with Crippen molar-refractivity contribution in [3.8, 4) is 5.75 Å². The molecule has 1 atom stereocenters. The van der Waals surface area contributed by atoms with Gasteiger partial charge in [0.25, 0.3) is 0 Å². The third-order valence-electron chi connectivity index (χ3n) is 3.07.